The number of ether oxygens (including phenoxy) is 1. The molecule has 0 amide bonds. The van der Waals surface area contributed by atoms with E-state index >= 15 is 0 Å². The van der Waals surface area contributed by atoms with E-state index < -0.39 is 17.4 Å². The minimum Gasteiger partial charge on any atom is -0.442 e. The van der Waals surface area contributed by atoms with Gasteiger partial charge in [-0.05, 0) is 50.5 Å². The summed E-state index contributed by atoms with van der Waals surface area (Å²) in [4.78, 5) is 39.3. The van der Waals surface area contributed by atoms with Crippen LogP contribution >= 0.6 is 0 Å². The van der Waals surface area contributed by atoms with E-state index in [1.165, 1.54) is 19.9 Å². The van der Waals surface area contributed by atoms with Crippen LogP contribution < -0.4 is 0 Å². The van der Waals surface area contributed by atoms with E-state index in [4.69, 9.17) is 4.74 Å². The fraction of sp³-hybridized carbons (Fsp3) is 0.400. The summed E-state index contributed by atoms with van der Waals surface area (Å²) in [7, 11) is 0. The van der Waals surface area contributed by atoms with Crippen LogP contribution in [0.4, 0.5) is 0 Å². The highest BCUT2D eigenvalue weighted by molar-refractivity contribution is 6.23. The van der Waals surface area contributed by atoms with Crippen LogP contribution in [0, 0.1) is 5.92 Å². The number of allylic oxidation sites excluding steroid dienone is 6. The molecular formula is C25H29NO5. The van der Waals surface area contributed by atoms with Crippen molar-refractivity contribution >= 4 is 17.5 Å². The maximum atomic E-state index is 12.9. The number of hydrogen-bond donors (Lipinski definition) is 1. The quantitative estimate of drug-likeness (QED) is 0.384. The van der Waals surface area contributed by atoms with Gasteiger partial charge in [-0.2, -0.15) is 0 Å². The fourth-order valence-electron chi connectivity index (χ4n) is 4.03. The van der Waals surface area contributed by atoms with Gasteiger partial charge in [-0.1, -0.05) is 38.0 Å². The average Bonchev–Trinajstić information content (AvgIpc) is 2.99. The van der Waals surface area contributed by atoms with Crippen molar-refractivity contribution in [3.05, 3.63) is 70.1 Å². The van der Waals surface area contributed by atoms with Crippen LogP contribution in [0.3, 0.4) is 0 Å². The van der Waals surface area contributed by atoms with Crippen LogP contribution in [0.15, 0.2) is 70.1 Å². The topological polar surface area (TPSA) is 83.9 Å². The van der Waals surface area contributed by atoms with Gasteiger partial charge in [-0.3, -0.25) is 9.59 Å². The molecule has 2 aliphatic heterocycles. The van der Waals surface area contributed by atoms with Gasteiger partial charge in [-0.25, -0.2) is 4.79 Å². The molecule has 0 aromatic carbocycles. The standard InChI is InChI=1S/C25H29NO5/c1-6-15(2)11-16(3)7-8-19-12-18-13-21(29)25(5)23(20(18)14-26(19)9-10-27)22(17(4)28)24(30)31-25/h7-8,11-15,27H,6,9-10H2,1-5H3/b8-7+,16-11?/t15-,25+/m0/s1. The molecule has 2 heterocycles. The second-order valence-electron chi connectivity index (χ2n) is 8.35. The van der Waals surface area contributed by atoms with E-state index in [2.05, 4.69) is 19.9 Å². The number of esters is 1. The first-order valence-corrected chi connectivity index (χ1v) is 10.6. The molecule has 0 bridgehead atoms. The van der Waals surface area contributed by atoms with E-state index in [0.717, 1.165) is 17.7 Å². The van der Waals surface area contributed by atoms with E-state index in [-0.39, 0.29) is 18.0 Å². The lowest BCUT2D eigenvalue weighted by Crippen LogP contribution is -2.41. The van der Waals surface area contributed by atoms with Gasteiger partial charge in [0, 0.05) is 29.6 Å². The van der Waals surface area contributed by atoms with Crippen molar-refractivity contribution < 1.29 is 24.2 Å². The normalized spacial score (nSPS) is 24.5. The number of carbonyl (C=O) groups is 3. The molecule has 1 N–H and O–H groups in total. The van der Waals surface area contributed by atoms with Gasteiger partial charge in [0.2, 0.25) is 5.78 Å². The second-order valence-corrected chi connectivity index (χ2v) is 8.35. The number of aliphatic hydroxyl groups excluding tert-OH is 1. The third-order valence-electron chi connectivity index (χ3n) is 5.89. The molecular weight excluding hydrogens is 394 g/mol. The molecule has 31 heavy (non-hydrogen) atoms. The van der Waals surface area contributed by atoms with E-state index in [1.54, 1.807) is 6.20 Å². The first kappa shape index (κ1) is 22.7. The first-order chi connectivity index (χ1) is 14.6. The fourth-order valence-corrected chi connectivity index (χ4v) is 4.03. The Bertz CT molecular complexity index is 1020. The van der Waals surface area contributed by atoms with E-state index in [1.807, 2.05) is 30.1 Å². The molecule has 2 atom stereocenters. The number of nitrogens with zero attached hydrogens (tertiary/aromatic N) is 1. The summed E-state index contributed by atoms with van der Waals surface area (Å²) in [6.45, 7) is 9.38. The van der Waals surface area contributed by atoms with Crippen LogP contribution in [0.5, 0.6) is 0 Å². The second kappa shape index (κ2) is 8.63. The zero-order chi connectivity index (χ0) is 22.9. The molecule has 6 nitrogen and oxygen atoms in total. The minimum atomic E-state index is -1.50. The van der Waals surface area contributed by atoms with E-state index in [0.29, 0.717) is 29.2 Å². The van der Waals surface area contributed by atoms with Crippen LogP contribution in [0.1, 0.15) is 41.0 Å². The van der Waals surface area contributed by atoms with Crippen molar-refractivity contribution in [3.8, 4) is 0 Å². The van der Waals surface area contributed by atoms with Crippen molar-refractivity contribution in [2.45, 2.75) is 46.6 Å². The third kappa shape index (κ3) is 4.12. The van der Waals surface area contributed by atoms with Crippen molar-refractivity contribution in [3.63, 3.8) is 0 Å². The number of Topliss-reactive ketones (excluding diaryl/α,β-unsaturated/α-hetero) is 1. The van der Waals surface area contributed by atoms with Crippen molar-refractivity contribution in [2.75, 3.05) is 13.2 Å². The summed E-state index contributed by atoms with van der Waals surface area (Å²) < 4.78 is 5.36. The summed E-state index contributed by atoms with van der Waals surface area (Å²) >= 11 is 0. The Morgan fingerprint density at radius 2 is 2.00 bits per heavy atom. The number of fused-ring (bicyclic) bond motifs is 3. The Balaban J connectivity index is 2.09. The van der Waals surface area contributed by atoms with Gasteiger partial charge < -0.3 is 14.7 Å². The molecule has 3 rings (SSSR count). The molecule has 0 radical (unpaired) electrons. The molecule has 0 unspecified atom stereocenters. The zero-order valence-electron chi connectivity index (χ0n) is 18.7. The summed E-state index contributed by atoms with van der Waals surface area (Å²) in [5.41, 5.74) is 1.84. The molecule has 3 aliphatic rings. The lowest BCUT2D eigenvalue weighted by Gasteiger charge is -2.35. The number of carbonyl (C=O) groups excluding carboxylic acids is 3. The van der Waals surface area contributed by atoms with Crippen LogP contribution in [0.25, 0.3) is 0 Å². The summed E-state index contributed by atoms with van der Waals surface area (Å²) in [5.74, 6) is -1.11. The largest absolute Gasteiger partial charge is 0.442 e. The molecule has 0 saturated carbocycles. The molecule has 1 aliphatic carbocycles. The summed E-state index contributed by atoms with van der Waals surface area (Å²) in [6.07, 6.45) is 12.3. The predicted molar refractivity (Wildman–Crippen MR) is 118 cm³/mol. The van der Waals surface area contributed by atoms with Crippen molar-refractivity contribution in [1.29, 1.82) is 0 Å². The van der Waals surface area contributed by atoms with Gasteiger partial charge >= 0.3 is 5.97 Å². The Morgan fingerprint density at radius 3 is 2.61 bits per heavy atom. The highest BCUT2D eigenvalue weighted by Gasteiger charge is 2.54. The smallest absolute Gasteiger partial charge is 0.343 e. The number of β-amino-alcohol motifs (C(OH)–C–C–N with tert-alkyl or cyclic N) is 1. The van der Waals surface area contributed by atoms with Crippen molar-refractivity contribution in [1.82, 2.24) is 4.90 Å². The predicted octanol–water partition coefficient (Wildman–Crippen LogP) is 3.32. The molecule has 0 spiro atoms. The molecule has 0 aromatic rings. The van der Waals surface area contributed by atoms with Crippen molar-refractivity contribution in [2.24, 2.45) is 5.92 Å². The van der Waals surface area contributed by atoms with Gasteiger partial charge in [-0.15, -0.1) is 0 Å². The highest BCUT2D eigenvalue weighted by atomic mass is 16.6. The van der Waals surface area contributed by atoms with Crippen LogP contribution in [-0.2, 0) is 19.1 Å². The summed E-state index contributed by atoms with van der Waals surface area (Å²) in [5, 5.41) is 9.58. The molecule has 0 saturated heterocycles. The molecule has 164 valence electrons. The number of ketones is 2. The average molecular weight is 424 g/mol. The monoisotopic (exact) mass is 423 g/mol. The Kier molecular flexibility index (Phi) is 6.32. The van der Waals surface area contributed by atoms with Gasteiger partial charge in [0.05, 0.1) is 6.61 Å². The molecule has 0 aromatic heterocycles. The Morgan fingerprint density at radius 1 is 1.29 bits per heavy atom. The SMILES string of the molecule is CC[C@H](C)C=C(C)/C=C/C1=CC2=CC(=O)[C@@]3(C)OC(=O)C(C(C)=O)=C3C2=CN1CCO. The number of hydrogen-bond acceptors (Lipinski definition) is 6. The summed E-state index contributed by atoms with van der Waals surface area (Å²) in [6, 6.07) is 0. The maximum absolute atomic E-state index is 12.9. The van der Waals surface area contributed by atoms with Crippen LogP contribution in [-0.4, -0.2) is 46.3 Å². The molecule has 6 heteroatoms. The Labute approximate surface area is 182 Å². The van der Waals surface area contributed by atoms with Crippen LogP contribution in [0.2, 0.25) is 0 Å². The highest BCUT2D eigenvalue weighted by Crippen LogP contribution is 2.46. The third-order valence-corrected chi connectivity index (χ3v) is 5.89. The maximum Gasteiger partial charge on any atom is 0.343 e. The minimum absolute atomic E-state index is 0.0834. The lowest BCUT2D eigenvalue weighted by molar-refractivity contribution is -0.152. The van der Waals surface area contributed by atoms with E-state index in [9.17, 15) is 19.5 Å². The number of rotatable bonds is 7. The Hall–Kier alpha value is -2.99. The van der Waals surface area contributed by atoms with Gasteiger partial charge in [0.1, 0.15) is 5.57 Å². The zero-order valence-corrected chi connectivity index (χ0v) is 18.7. The number of aliphatic hydroxyl groups is 1. The van der Waals surface area contributed by atoms with Gasteiger partial charge in [0.25, 0.3) is 0 Å². The lowest BCUT2D eigenvalue weighted by atomic mass is 9.75. The van der Waals surface area contributed by atoms with Gasteiger partial charge in [0.15, 0.2) is 11.4 Å². The first-order valence-electron chi connectivity index (χ1n) is 10.6. The molecule has 0 fully saturated rings.